The fourth-order valence-electron chi connectivity index (χ4n) is 3.44. The Bertz CT molecular complexity index is 1020. The minimum absolute atomic E-state index is 0.121. The second kappa shape index (κ2) is 10.4. The fourth-order valence-corrected chi connectivity index (χ4v) is 5.17. The number of nitrogens with one attached hydrogen (secondary N) is 1. The van der Waals surface area contributed by atoms with Gasteiger partial charge in [0.2, 0.25) is 10.0 Å². The Hall–Kier alpha value is -2.84. The lowest BCUT2D eigenvalue weighted by Gasteiger charge is -2.35. The van der Waals surface area contributed by atoms with Crippen LogP contribution < -0.4 is 4.90 Å². The molecule has 10 nitrogen and oxygen atoms in total. The van der Waals surface area contributed by atoms with E-state index in [2.05, 4.69) is 15.0 Å². The number of pyridine rings is 1. The monoisotopic (exact) mass is 487 g/mol. The first kappa shape index (κ1) is 24.8. The molecule has 3 rings (SSSR count). The standard InChI is InChI=1S/C19H24F3N7O3S/c20-19(21,22)15-2-5-18(26-12-15)27-8-10-28(11-9-27)33(31,32)13-16(29(30)14-23)3-4-17-24-6-1-7-25-17/h1-2,5-7,12,14,16,23,30H,3-4,8-11,13H2/t16-/m0/s1. The molecular weight excluding hydrogens is 463 g/mol. The van der Waals surface area contributed by atoms with Gasteiger partial charge in [-0.05, 0) is 24.6 Å². The number of halogens is 3. The molecule has 0 unspecified atom stereocenters. The van der Waals surface area contributed by atoms with Crippen molar-refractivity contribution in [3.8, 4) is 0 Å². The average molecular weight is 488 g/mol. The Kier molecular flexibility index (Phi) is 7.81. The SMILES string of the molecule is N=CN(O)[C@@H](CCc1ncccn1)CS(=O)(=O)N1CCN(c2ccc(C(F)(F)F)cn2)CC1. The molecule has 0 amide bonds. The fraction of sp³-hybridized carbons (Fsp3) is 0.474. The van der Waals surface area contributed by atoms with Crippen LogP contribution in [0, 0.1) is 5.41 Å². The van der Waals surface area contributed by atoms with E-state index in [0.29, 0.717) is 29.5 Å². The summed E-state index contributed by atoms with van der Waals surface area (Å²) < 4.78 is 65.3. The zero-order chi connectivity index (χ0) is 24.1. The third-order valence-corrected chi connectivity index (χ3v) is 7.22. The maximum Gasteiger partial charge on any atom is 0.417 e. The molecule has 1 aliphatic heterocycles. The lowest BCUT2D eigenvalue weighted by atomic mass is 10.2. The molecule has 1 fully saturated rings. The molecule has 2 aromatic rings. The van der Waals surface area contributed by atoms with Gasteiger partial charge in [0.1, 0.15) is 18.0 Å². The van der Waals surface area contributed by atoms with Crippen molar-refractivity contribution in [2.75, 3.05) is 36.8 Å². The van der Waals surface area contributed by atoms with E-state index >= 15 is 0 Å². The highest BCUT2D eigenvalue weighted by molar-refractivity contribution is 7.89. The van der Waals surface area contributed by atoms with Crippen LogP contribution in [0.1, 0.15) is 17.8 Å². The van der Waals surface area contributed by atoms with Crippen LogP contribution in [-0.4, -0.2) is 82.3 Å². The lowest BCUT2D eigenvalue weighted by molar-refractivity contribution is -0.137. The molecule has 0 aromatic carbocycles. The van der Waals surface area contributed by atoms with Crippen molar-refractivity contribution in [1.82, 2.24) is 24.3 Å². The molecule has 0 bridgehead atoms. The Morgan fingerprint density at radius 3 is 2.36 bits per heavy atom. The number of aromatic nitrogens is 3. The third-order valence-electron chi connectivity index (χ3n) is 5.26. The quantitative estimate of drug-likeness (QED) is 0.311. The number of rotatable bonds is 9. The van der Waals surface area contributed by atoms with E-state index in [1.165, 1.54) is 10.4 Å². The number of sulfonamides is 1. The summed E-state index contributed by atoms with van der Waals surface area (Å²) in [7, 11) is -3.78. The van der Waals surface area contributed by atoms with Crippen LogP contribution in [0.2, 0.25) is 0 Å². The first-order chi connectivity index (χ1) is 15.6. The summed E-state index contributed by atoms with van der Waals surface area (Å²) in [6, 6.07) is 2.99. The zero-order valence-corrected chi connectivity index (χ0v) is 18.4. The van der Waals surface area contributed by atoms with Gasteiger partial charge < -0.3 is 4.90 Å². The number of anilines is 1. The normalized spacial score (nSPS) is 16.4. The maximum absolute atomic E-state index is 12.9. The third kappa shape index (κ3) is 6.58. The van der Waals surface area contributed by atoms with Gasteiger partial charge in [0.05, 0.1) is 17.4 Å². The van der Waals surface area contributed by atoms with E-state index < -0.39 is 33.6 Å². The van der Waals surface area contributed by atoms with Gasteiger partial charge in [-0.1, -0.05) is 0 Å². The summed E-state index contributed by atoms with van der Waals surface area (Å²) in [5.41, 5.74) is -0.848. The van der Waals surface area contributed by atoms with Gasteiger partial charge in [-0.2, -0.15) is 17.5 Å². The first-order valence-corrected chi connectivity index (χ1v) is 11.7. The summed E-state index contributed by atoms with van der Waals surface area (Å²) in [4.78, 5) is 13.7. The average Bonchev–Trinajstić information content (AvgIpc) is 2.81. The summed E-state index contributed by atoms with van der Waals surface area (Å²) in [6.45, 7) is 0.756. The highest BCUT2D eigenvalue weighted by Gasteiger charge is 2.33. The van der Waals surface area contributed by atoms with Crippen molar-refractivity contribution < 1.29 is 26.8 Å². The van der Waals surface area contributed by atoms with Crippen LogP contribution in [0.5, 0.6) is 0 Å². The van der Waals surface area contributed by atoms with E-state index in [1.54, 1.807) is 23.4 Å². The van der Waals surface area contributed by atoms with Crippen LogP contribution in [0.25, 0.3) is 0 Å². The summed E-state index contributed by atoms with van der Waals surface area (Å²) >= 11 is 0. The van der Waals surface area contributed by atoms with Gasteiger partial charge >= 0.3 is 6.18 Å². The number of alkyl halides is 3. The molecule has 14 heteroatoms. The van der Waals surface area contributed by atoms with Gasteiger partial charge in [0.15, 0.2) is 0 Å². The highest BCUT2D eigenvalue weighted by Crippen LogP contribution is 2.29. The van der Waals surface area contributed by atoms with Crippen molar-refractivity contribution in [3.63, 3.8) is 0 Å². The van der Waals surface area contributed by atoms with E-state index in [1.807, 2.05) is 0 Å². The van der Waals surface area contributed by atoms with Gasteiger partial charge in [0.25, 0.3) is 0 Å². The molecule has 1 saturated heterocycles. The molecule has 33 heavy (non-hydrogen) atoms. The molecule has 1 atom stereocenters. The number of hydroxylamine groups is 2. The number of hydrogen-bond donors (Lipinski definition) is 2. The van der Waals surface area contributed by atoms with Crippen LogP contribution in [0.3, 0.4) is 0 Å². The van der Waals surface area contributed by atoms with E-state index in [9.17, 15) is 26.8 Å². The molecule has 2 N–H and O–H groups in total. The number of piperazine rings is 1. The molecule has 0 spiro atoms. The molecule has 0 saturated carbocycles. The Morgan fingerprint density at radius 1 is 1.15 bits per heavy atom. The van der Waals surface area contributed by atoms with E-state index in [0.717, 1.165) is 12.3 Å². The Morgan fingerprint density at radius 2 is 1.82 bits per heavy atom. The summed E-state index contributed by atoms with van der Waals surface area (Å²) in [6.07, 6.45) is 0.591. The number of aryl methyl sites for hydroxylation is 1. The molecule has 0 aliphatic carbocycles. The highest BCUT2D eigenvalue weighted by atomic mass is 32.2. The largest absolute Gasteiger partial charge is 0.417 e. The van der Waals surface area contributed by atoms with E-state index in [4.69, 9.17) is 5.41 Å². The number of hydrogen-bond acceptors (Lipinski definition) is 8. The summed E-state index contributed by atoms with van der Waals surface area (Å²) in [5, 5.41) is 17.8. The van der Waals surface area contributed by atoms with Gasteiger partial charge in [-0.15, -0.1) is 0 Å². The second-order valence-electron chi connectivity index (χ2n) is 7.43. The minimum atomic E-state index is -4.47. The molecule has 0 radical (unpaired) electrons. The smallest absolute Gasteiger partial charge is 0.354 e. The summed E-state index contributed by atoms with van der Waals surface area (Å²) in [5.74, 6) is 0.423. The van der Waals surface area contributed by atoms with Crippen molar-refractivity contribution in [2.24, 2.45) is 0 Å². The van der Waals surface area contributed by atoms with Crippen LogP contribution >= 0.6 is 0 Å². The van der Waals surface area contributed by atoms with Gasteiger partial charge in [0, 0.05) is 51.2 Å². The molecule has 3 heterocycles. The van der Waals surface area contributed by atoms with Crippen LogP contribution in [0.4, 0.5) is 19.0 Å². The molecule has 180 valence electrons. The minimum Gasteiger partial charge on any atom is -0.354 e. The van der Waals surface area contributed by atoms with Crippen molar-refractivity contribution in [2.45, 2.75) is 25.1 Å². The predicted molar refractivity (Wildman–Crippen MR) is 113 cm³/mol. The Balaban J connectivity index is 1.59. The van der Waals surface area contributed by atoms with Crippen molar-refractivity contribution in [1.29, 1.82) is 5.41 Å². The van der Waals surface area contributed by atoms with Gasteiger partial charge in [-0.3, -0.25) is 10.6 Å². The zero-order valence-electron chi connectivity index (χ0n) is 17.6. The van der Waals surface area contributed by atoms with E-state index in [-0.39, 0.29) is 32.6 Å². The molecular formula is C19H24F3N7O3S. The Labute approximate surface area is 189 Å². The predicted octanol–water partition coefficient (Wildman–Crippen LogP) is 1.64. The number of nitrogens with zero attached hydrogens (tertiary/aromatic N) is 6. The van der Waals surface area contributed by atoms with Crippen LogP contribution in [0.15, 0.2) is 36.8 Å². The van der Waals surface area contributed by atoms with Crippen molar-refractivity contribution >= 4 is 22.2 Å². The molecule has 1 aliphatic rings. The topological polar surface area (TPSA) is 127 Å². The lowest BCUT2D eigenvalue weighted by Crippen LogP contribution is -2.51. The van der Waals surface area contributed by atoms with Gasteiger partial charge in [-0.25, -0.2) is 28.4 Å². The maximum atomic E-state index is 12.9. The molecule has 2 aromatic heterocycles. The second-order valence-corrected chi connectivity index (χ2v) is 9.45. The van der Waals surface area contributed by atoms with Crippen molar-refractivity contribution in [3.05, 3.63) is 48.2 Å². The van der Waals surface area contributed by atoms with Crippen LogP contribution in [-0.2, 0) is 22.6 Å². The first-order valence-electron chi connectivity index (χ1n) is 10.1.